The maximum absolute atomic E-state index is 5.44. The highest BCUT2D eigenvalue weighted by Gasteiger charge is 2.16. The number of aromatic nitrogens is 2. The van der Waals surface area contributed by atoms with Gasteiger partial charge in [0.15, 0.2) is 17.5 Å². The average Bonchev–Trinajstić information content (AvgIpc) is 3.21. The van der Waals surface area contributed by atoms with Crippen LogP contribution in [0.2, 0.25) is 0 Å². The molecule has 148 valence electrons. The Morgan fingerprint density at radius 2 is 2.07 bits per heavy atom. The summed E-state index contributed by atoms with van der Waals surface area (Å²) in [4.78, 5) is 6.51. The molecule has 1 aliphatic heterocycles. The highest BCUT2D eigenvalue weighted by atomic mass is 127. The normalized spacial score (nSPS) is 12.9. The lowest BCUT2D eigenvalue weighted by molar-refractivity contribution is 0.174. The molecular weight excluding hydrogens is 457 g/mol. The fraction of sp³-hybridized carbons (Fsp3) is 0.474. The van der Waals surface area contributed by atoms with Crippen LogP contribution >= 0.6 is 24.0 Å². The van der Waals surface area contributed by atoms with Gasteiger partial charge in [-0.2, -0.15) is 5.10 Å². The van der Waals surface area contributed by atoms with Crippen LogP contribution in [0.1, 0.15) is 36.6 Å². The highest BCUT2D eigenvalue weighted by molar-refractivity contribution is 14.0. The van der Waals surface area contributed by atoms with Crippen molar-refractivity contribution in [3.05, 3.63) is 41.2 Å². The molecule has 2 aromatic rings. The van der Waals surface area contributed by atoms with Gasteiger partial charge in [-0.25, -0.2) is 0 Å². The number of guanidine groups is 1. The van der Waals surface area contributed by atoms with Gasteiger partial charge in [0.25, 0.3) is 0 Å². The highest BCUT2D eigenvalue weighted by Crippen LogP contribution is 2.32. The minimum atomic E-state index is 0. The van der Waals surface area contributed by atoms with Crippen LogP contribution in [0.4, 0.5) is 0 Å². The van der Waals surface area contributed by atoms with Crippen LogP contribution in [0.15, 0.2) is 29.4 Å². The van der Waals surface area contributed by atoms with Gasteiger partial charge in [-0.05, 0) is 23.6 Å². The van der Waals surface area contributed by atoms with E-state index in [1.165, 1.54) is 5.56 Å². The third-order valence-electron chi connectivity index (χ3n) is 4.35. The zero-order valence-electron chi connectivity index (χ0n) is 16.5. The number of rotatable bonds is 5. The molecule has 0 fully saturated rings. The summed E-state index contributed by atoms with van der Waals surface area (Å²) in [6.07, 6.45) is 2.08. The van der Waals surface area contributed by atoms with Crippen molar-refractivity contribution < 1.29 is 9.47 Å². The summed E-state index contributed by atoms with van der Waals surface area (Å²) in [5.41, 5.74) is 3.47. The second kappa shape index (κ2) is 9.29. The van der Waals surface area contributed by atoms with Crippen LogP contribution in [-0.4, -0.2) is 41.5 Å². The zero-order chi connectivity index (χ0) is 18.7. The fourth-order valence-electron chi connectivity index (χ4n) is 3.11. The van der Waals surface area contributed by atoms with Crippen LogP contribution in [0.25, 0.3) is 0 Å². The quantitative estimate of drug-likeness (QED) is 0.401. The van der Waals surface area contributed by atoms with Gasteiger partial charge in [-0.3, -0.25) is 9.67 Å². The van der Waals surface area contributed by atoms with Gasteiger partial charge in [0.2, 0.25) is 6.79 Å². The molecular formula is C19H28IN5O2. The predicted molar refractivity (Wildman–Crippen MR) is 117 cm³/mol. The molecule has 0 atom stereocenters. The van der Waals surface area contributed by atoms with Crippen molar-refractivity contribution in [2.75, 3.05) is 20.9 Å². The number of aryl methyl sites for hydroxylation is 1. The van der Waals surface area contributed by atoms with Gasteiger partial charge in [0.1, 0.15) is 0 Å². The third kappa shape index (κ3) is 5.06. The average molecular weight is 485 g/mol. The molecule has 0 bridgehead atoms. The molecule has 0 saturated heterocycles. The van der Waals surface area contributed by atoms with Gasteiger partial charge < -0.3 is 19.7 Å². The number of nitrogens with zero attached hydrogens (tertiary/aromatic N) is 4. The van der Waals surface area contributed by atoms with Gasteiger partial charge in [0, 0.05) is 46.0 Å². The van der Waals surface area contributed by atoms with Crippen molar-refractivity contribution in [1.82, 2.24) is 20.0 Å². The molecule has 7 nitrogen and oxygen atoms in total. The first-order valence-corrected chi connectivity index (χ1v) is 8.80. The summed E-state index contributed by atoms with van der Waals surface area (Å²) in [7, 11) is 5.79. The summed E-state index contributed by atoms with van der Waals surface area (Å²) in [5.74, 6) is 2.82. The topological polar surface area (TPSA) is 63.9 Å². The van der Waals surface area contributed by atoms with Crippen LogP contribution in [0, 0.1) is 0 Å². The minimum Gasteiger partial charge on any atom is -0.454 e. The van der Waals surface area contributed by atoms with E-state index in [1.807, 2.05) is 37.0 Å². The second-order valence-electron chi connectivity index (χ2n) is 6.81. The van der Waals surface area contributed by atoms with E-state index in [9.17, 15) is 0 Å². The summed E-state index contributed by atoms with van der Waals surface area (Å²) in [6.45, 7) is 6.04. The number of halogens is 1. The first-order valence-electron chi connectivity index (χ1n) is 8.80. The molecule has 0 radical (unpaired) electrons. The van der Waals surface area contributed by atoms with E-state index in [2.05, 4.69) is 40.4 Å². The zero-order valence-corrected chi connectivity index (χ0v) is 18.9. The van der Waals surface area contributed by atoms with E-state index in [-0.39, 0.29) is 24.0 Å². The standard InChI is InChI=1S/C19H27N5O2.HI/c1-13(2)18-15(11-24(5)22-18)10-23(4)19(20-3)21-9-14-6-7-16-17(8-14)26-12-25-16;/h6-8,11,13H,9-10,12H2,1-5H3,(H,20,21);1H. The Kier molecular flexibility index (Phi) is 7.34. The van der Waals surface area contributed by atoms with Crippen molar-refractivity contribution in [2.45, 2.75) is 32.9 Å². The summed E-state index contributed by atoms with van der Waals surface area (Å²) in [6, 6.07) is 5.97. The Hall–Kier alpha value is -1.97. The van der Waals surface area contributed by atoms with Crippen molar-refractivity contribution >= 4 is 29.9 Å². The Balaban J connectivity index is 0.00000261. The van der Waals surface area contributed by atoms with Gasteiger partial charge in [-0.15, -0.1) is 24.0 Å². The molecule has 1 aromatic heterocycles. The third-order valence-corrected chi connectivity index (χ3v) is 4.35. The smallest absolute Gasteiger partial charge is 0.231 e. The lowest BCUT2D eigenvalue weighted by Crippen LogP contribution is -2.38. The Morgan fingerprint density at radius 1 is 1.33 bits per heavy atom. The first kappa shape index (κ1) is 21.3. The number of ether oxygens (including phenoxy) is 2. The SMILES string of the molecule is CN=C(NCc1ccc2c(c1)OCO2)N(C)Cc1cn(C)nc1C(C)C.I. The van der Waals surface area contributed by atoms with Crippen molar-refractivity contribution in [1.29, 1.82) is 0 Å². The predicted octanol–water partition coefficient (Wildman–Crippen LogP) is 3.10. The van der Waals surface area contributed by atoms with E-state index in [4.69, 9.17) is 9.47 Å². The summed E-state index contributed by atoms with van der Waals surface area (Å²) in [5, 5.41) is 7.98. The summed E-state index contributed by atoms with van der Waals surface area (Å²) >= 11 is 0. The van der Waals surface area contributed by atoms with E-state index in [0.29, 0.717) is 19.3 Å². The van der Waals surface area contributed by atoms with Gasteiger partial charge >= 0.3 is 0 Å². The molecule has 3 rings (SSSR count). The molecule has 8 heteroatoms. The van der Waals surface area contributed by atoms with E-state index in [0.717, 1.165) is 35.3 Å². The summed E-state index contributed by atoms with van der Waals surface area (Å²) < 4.78 is 12.7. The number of fused-ring (bicyclic) bond motifs is 1. The molecule has 2 heterocycles. The molecule has 0 saturated carbocycles. The fourth-order valence-corrected chi connectivity index (χ4v) is 3.11. The Morgan fingerprint density at radius 3 is 2.78 bits per heavy atom. The van der Waals surface area contributed by atoms with Gasteiger partial charge in [0.05, 0.1) is 5.69 Å². The molecule has 0 amide bonds. The van der Waals surface area contributed by atoms with Crippen LogP contribution < -0.4 is 14.8 Å². The number of nitrogens with one attached hydrogen (secondary N) is 1. The van der Waals surface area contributed by atoms with Crippen molar-refractivity contribution in [3.63, 3.8) is 0 Å². The number of aliphatic imine (C=N–C) groups is 1. The van der Waals surface area contributed by atoms with Crippen LogP contribution in [0.5, 0.6) is 11.5 Å². The molecule has 27 heavy (non-hydrogen) atoms. The monoisotopic (exact) mass is 485 g/mol. The maximum Gasteiger partial charge on any atom is 0.231 e. The van der Waals surface area contributed by atoms with E-state index in [1.54, 1.807) is 7.05 Å². The van der Waals surface area contributed by atoms with E-state index >= 15 is 0 Å². The maximum atomic E-state index is 5.44. The second-order valence-corrected chi connectivity index (χ2v) is 6.81. The number of benzene rings is 1. The van der Waals surface area contributed by atoms with Gasteiger partial charge in [-0.1, -0.05) is 19.9 Å². The Bertz CT molecular complexity index is 803. The minimum absolute atomic E-state index is 0. The Labute approximate surface area is 177 Å². The molecule has 1 aromatic carbocycles. The van der Waals surface area contributed by atoms with Crippen LogP contribution in [0.3, 0.4) is 0 Å². The van der Waals surface area contributed by atoms with Crippen molar-refractivity contribution in [2.24, 2.45) is 12.0 Å². The lowest BCUT2D eigenvalue weighted by atomic mass is 10.1. The van der Waals surface area contributed by atoms with Crippen molar-refractivity contribution in [3.8, 4) is 11.5 Å². The molecule has 1 N–H and O–H groups in total. The molecule has 0 aliphatic carbocycles. The first-order chi connectivity index (χ1) is 12.5. The van der Waals surface area contributed by atoms with Crippen LogP contribution in [-0.2, 0) is 20.1 Å². The molecule has 0 spiro atoms. The lowest BCUT2D eigenvalue weighted by Gasteiger charge is -2.22. The largest absolute Gasteiger partial charge is 0.454 e. The molecule has 1 aliphatic rings. The number of hydrogen-bond donors (Lipinski definition) is 1. The molecule has 0 unspecified atom stereocenters. The number of hydrogen-bond acceptors (Lipinski definition) is 4. The van der Waals surface area contributed by atoms with E-state index < -0.39 is 0 Å².